The van der Waals surface area contributed by atoms with Gasteiger partial charge in [-0.05, 0) is 31.4 Å². The van der Waals surface area contributed by atoms with Crippen LogP contribution in [0, 0.1) is 0 Å². The van der Waals surface area contributed by atoms with Crippen LogP contribution in [0.15, 0.2) is 34.2 Å². The van der Waals surface area contributed by atoms with E-state index in [-0.39, 0.29) is 23.2 Å². The third-order valence-electron chi connectivity index (χ3n) is 4.59. The summed E-state index contributed by atoms with van der Waals surface area (Å²) < 4.78 is 32.2. The minimum atomic E-state index is -3.57. The topological polar surface area (TPSA) is 96.9 Å². The molecule has 0 saturated heterocycles. The Morgan fingerprint density at radius 3 is 2.81 bits per heavy atom. The first-order valence-electron chi connectivity index (χ1n) is 9.11. The van der Waals surface area contributed by atoms with Gasteiger partial charge in [0.15, 0.2) is 0 Å². The van der Waals surface area contributed by atoms with Gasteiger partial charge in [0, 0.05) is 18.7 Å². The molecule has 0 aromatic heterocycles. The molecule has 1 aromatic rings. The molecule has 2 N–H and O–H groups in total. The highest BCUT2D eigenvalue weighted by molar-refractivity contribution is 7.90. The second-order valence-electron chi connectivity index (χ2n) is 6.60. The number of rotatable bonds is 7. The molecule has 0 atom stereocenters. The third kappa shape index (κ3) is 4.82. The van der Waals surface area contributed by atoms with E-state index >= 15 is 0 Å². The number of benzene rings is 1. The molecule has 1 heterocycles. The van der Waals surface area contributed by atoms with Gasteiger partial charge in [-0.2, -0.15) is 0 Å². The second-order valence-corrected chi connectivity index (χ2v) is 8.25. The summed E-state index contributed by atoms with van der Waals surface area (Å²) in [5.41, 5.74) is 0.501. The Kier molecular flexibility index (Phi) is 6.26. The highest BCUT2D eigenvalue weighted by Crippen LogP contribution is 2.22. The summed E-state index contributed by atoms with van der Waals surface area (Å²) in [6.07, 6.45) is 7.21. The van der Waals surface area contributed by atoms with Gasteiger partial charge in [-0.3, -0.25) is 14.5 Å². The molecule has 1 aromatic carbocycles. The largest absolute Gasteiger partial charge is 0.378 e. The van der Waals surface area contributed by atoms with Gasteiger partial charge in [0.2, 0.25) is 5.91 Å². The SMILES string of the molecule is O=C(CN=C1NS(=O)(=O)c2ccccc21)NCCCOC1CCCCC1. The molecule has 8 heteroatoms. The van der Waals surface area contributed by atoms with Gasteiger partial charge in [-0.25, -0.2) is 8.42 Å². The van der Waals surface area contributed by atoms with Crippen LogP contribution < -0.4 is 10.0 Å². The maximum atomic E-state index is 12.0. The van der Waals surface area contributed by atoms with E-state index in [4.69, 9.17) is 4.74 Å². The Morgan fingerprint density at radius 2 is 2.00 bits per heavy atom. The molecule has 1 fully saturated rings. The summed E-state index contributed by atoms with van der Waals surface area (Å²) in [5, 5.41) is 2.79. The van der Waals surface area contributed by atoms with Crippen LogP contribution >= 0.6 is 0 Å². The van der Waals surface area contributed by atoms with Crippen LogP contribution in [0.3, 0.4) is 0 Å². The zero-order chi connectivity index (χ0) is 18.4. The van der Waals surface area contributed by atoms with E-state index in [1.54, 1.807) is 18.2 Å². The van der Waals surface area contributed by atoms with Gasteiger partial charge < -0.3 is 10.1 Å². The molecular formula is C18H25N3O4S. The predicted molar refractivity (Wildman–Crippen MR) is 98.6 cm³/mol. The zero-order valence-corrected chi connectivity index (χ0v) is 15.6. The van der Waals surface area contributed by atoms with Crippen molar-refractivity contribution in [3.63, 3.8) is 0 Å². The molecule has 1 saturated carbocycles. The number of carbonyl (C=O) groups is 1. The fourth-order valence-electron chi connectivity index (χ4n) is 3.24. The molecule has 0 spiro atoms. The van der Waals surface area contributed by atoms with Gasteiger partial charge in [-0.15, -0.1) is 0 Å². The Morgan fingerprint density at radius 1 is 1.23 bits per heavy atom. The predicted octanol–water partition coefficient (Wildman–Crippen LogP) is 1.58. The Labute approximate surface area is 154 Å². The lowest BCUT2D eigenvalue weighted by Gasteiger charge is -2.21. The van der Waals surface area contributed by atoms with Crippen molar-refractivity contribution in [1.82, 2.24) is 10.0 Å². The van der Waals surface area contributed by atoms with Crippen molar-refractivity contribution in [2.45, 2.75) is 49.5 Å². The smallest absolute Gasteiger partial charge is 0.263 e. The zero-order valence-electron chi connectivity index (χ0n) is 14.7. The molecule has 1 aliphatic heterocycles. The van der Waals surface area contributed by atoms with E-state index in [1.807, 2.05) is 0 Å². The maximum Gasteiger partial charge on any atom is 0.263 e. The fourth-order valence-corrected chi connectivity index (χ4v) is 4.49. The van der Waals surface area contributed by atoms with E-state index in [1.165, 1.54) is 25.3 Å². The summed E-state index contributed by atoms with van der Waals surface area (Å²) in [5.74, 6) is -0.0184. The van der Waals surface area contributed by atoms with Crippen molar-refractivity contribution < 1.29 is 17.9 Å². The van der Waals surface area contributed by atoms with Crippen molar-refractivity contribution in [2.24, 2.45) is 4.99 Å². The number of nitrogens with one attached hydrogen (secondary N) is 2. The van der Waals surface area contributed by atoms with Crippen LogP contribution in [0.4, 0.5) is 0 Å². The van der Waals surface area contributed by atoms with Crippen molar-refractivity contribution >= 4 is 21.8 Å². The summed E-state index contributed by atoms with van der Waals surface area (Å²) >= 11 is 0. The van der Waals surface area contributed by atoms with E-state index in [2.05, 4.69) is 15.0 Å². The van der Waals surface area contributed by atoms with Gasteiger partial charge in [-0.1, -0.05) is 31.4 Å². The molecule has 26 heavy (non-hydrogen) atoms. The first-order chi connectivity index (χ1) is 12.6. The minimum absolute atomic E-state index is 0.115. The van der Waals surface area contributed by atoms with Gasteiger partial charge >= 0.3 is 0 Å². The number of aliphatic imine (C=N–C) groups is 1. The summed E-state index contributed by atoms with van der Waals surface area (Å²) in [7, 11) is -3.57. The van der Waals surface area contributed by atoms with E-state index in [9.17, 15) is 13.2 Å². The minimum Gasteiger partial charge on any atom is -0.378 e. The third-order valence-corrected chi connectivity index (χ3v) is 5.99. The molecule has 0 bridgehead atoms. The van der Waals surface area contributed by atoms with Crippen LogP contribution in [-0.4, -0.2) is 46.0 Å². The molecule has 2 aliphatic rings. The Bertz CT molecular complexity index is 770. The number of amides is 1. The van der Waals surface area contributed by atoms with E-state index in [0.29, 0.717) is 24.8 Å². The van der Waals surface area contributed by atoms with E-state index < -0.39 is 10.0 Å². The Hall–Kier alpha value is -1.93. The summed E-state index contributed by atoms with van der Waals surface area (Å²) in [6.45, 7) is 1.06. The summed E-state index contributed by atoms with van der Waals surface area (Å²) in [4.78, 5) is 16.2. The van der Waals surface area contributed by atoms with Gasteiger partial charge in [0.1, 0.15) is 12.4 Å². The number of amidine groups is 1. The normalized spacial score (nSPS) is 20.5. The molecule has 7 nitrogen and oxygen atoms in total. The highest BCUT2D eigenvalue weighted by Gasteiger charge is 2.30. The van der Waals surface area contributed by atoms with Crippen LogP contribution in [0.5, 0.6) is 0 Å². The van der Waals surface area contributed by atoms with Gasteiger partial charge in [0.05, 0.1) is 11.0 Å². The van der Waals surface area contributed by atoms with Crippen molar-refractivity contribution in [1.29, 1.82) is 0 Å². The number of fused-ring (bicyclic) bond motifs is 1. The van der Waals surface area contributed by atoms with Crippen LogP contribution in [0.2, 0.25) is 0 Å². The van der Waals surface area contributed by atoms with Crippen LogP contribution in [0.1, 0.15) is 44.1 Å². The molecule has 0 unspecified atom stereocenters. The molecule has 3 rings (SSSR count). The van der Waals surface area contributed by atoms with Crippen LogP contribution in [-0.2, 0) is 19.6 Å². The molecule has 1 aliphatic carbocycles. The summed E-state index contributed by atoms with van der Waals surface area (Å²) in [6, 6.07) is 6.59. The molecule has 1 amide bonds. The first-order valence-corrected chi connectivity index (χ1v) is 10.6. The lowest BCUT2D eigenvalue weighted by Crippen LogP contribution is -2.29. The quantitative estimate of drug-likeness (QED) is 0.703. The second kappa shape index (κ2) is 8.64. The lowest BCUT2D eigenvalue weighted by atomic mass is 9.98. The van der Waals surface area contributed by atoms with Crippen LogP contribution in [0.25, 0.3) is 0 Å². The average Bonchev–Trinajstić information content (AvgIpc) is 2.91. The first kappa shape index (κ1) is 18.8. The highest BCUT2D eigenvalue weighted by atomic mass is 32.2. The van der Waals surface area contributed by atoms with E-state index in [0.717, 1.165) is 19.3 Å². The number of hydrogen-bond donors (Lipinski definition) is 2. The number of hydrogen-bond acceptors (Lipinski definition) is 5. The average molecular weight is 379 g/mol. The Balaban J connectivity index is 1.40. The lowest BCUT2D eigenvalue weighted by molar-refractivity contribution is -0.119. The monoisotopic (exact) mass is 379 g/mol. The number of carbonyl (C=O) groups excluding carboxylic acids is 1. The molecular weight excluding hydrogens is 354 g/mol. The molecule has 142 valence electrons. The van der Waals surface area contributed by atoms with Gasteiger partial charge in [0.25, 0.3) is 10.0 Å². The molecule has 0 radical (unpaired) electrons. The van der Waals surface area contributed by atoms with Crippen molar-refractivity contribution in [2.75, 3.05) is 19.7 Å². The number of nitrogens with zero attached hydrogens (tertiary/aromatic N) is 1. The van der Waals surface area contributed by atoms with Crippen molar-refractivity contribution in [3.05, 3.63) is 29.8 Å². The maximum absolute atomic E-state index is 12.0. The number of sulfonamides is 1. The van der Waals surface area contributed by atoms with Crippen molar-refractivity contribution in [3.8, 4) is 0 Å². The number of ether oxygens (including phenoxy) is 1. The standard InChI is InChI=1S/C18H25N3O4S/c22-17(19-11-6-12-25-14-7-2-1-3-8-14)13-20-18-15-9-4-5-10-16(15)26(23,24)21-18/h4-5,9-10,14H,1-3,6-8,11-13H2,(H,19,22)(H,20,21). The fraction of sp³-hybridized carbons (Fsp3) is 0.556.